The summed E-state index contributed by atoms with van der Waals surface area (Å²) < 4.78 is 5.58. The molecule has 2 aromatic heterocycles. The van der Waals surface area contributed by atoms with Gasteiger partial charge in [-0.1, -0.05) is 0 Å². The third-order valence-corrected chi connectivity index (χ3v) is 3.06. The second kappa shape index (κ2) is 3.33. The summed E-state index contributed by atoms with van der Waals surface area (Å²) in [6.07, 6.45) is 2.93. The van der Waals surface area contributed by atoms with Crippen molar-refractivity contribution in [3.8, 4) is 0 Å². The van der Waals surface area contributed by atoms with Crippen molar-refractivity contribution in [2.75, 3.05) is 0 Å². The van der Waals surface area contributed by atoms with Crippen LogP contribution < -0.4 is 0 Å². The van der Waals surface area contributed by atoms with Gasteiger partial charge in [0.2, 0.25) is 0 Å². The van der Waals surface area contributed by atoms with Gasteiger partial charge in [0.1, 0.15) is 11.5 Å². The van der Waals surface area contributed by atoms with Crippen LogP contribution in [0.2, 0.25) is 0 Å². The molecule has 4 nitrogen and oxygen atoms in total. The fraction of sp³-hybridized carbons (Fsp3) is 0.333. The molecule has 1 atom stereocenters. The van der Waals surface area contributed by atoms with Crippen molar-refractivity contribution in [2.24, 2.45) is 0 Å². The van der Waals surface area contributed by atoms with E-state index in [2.05, 4.69) is 10.2 Å². The van der Waals surface area contributed by atoms with Crippen molar-refractivity contribution < 1.29 is 9.21 Å². The van der Waals surface area contributed by atoms with Crippen molar-refractivity contribution >= 4 is 5.78 Å². The zero-order valence-electron chi connectivity index (χ0n) is 8.99. The first-order valence-corrected chi connectivity index (χ1v) is 5.36. The van der Waals surface area contributed by atoms with Crippen molar-refractivity contribution in [1.82, 2.24) is 10.2 Å². The average molecular weight is 216 g/mol. The van der Waals surface area contributed by atoms with Gasteiger partial charge in [0, 0.05) is 24.5 Å². The summed E-state index contributed by atoms with van der Waals surface area (Å²) in [5, 5.41) is 6.79. The molecule has 0 bridgehead atoms. The highest BCUT2D eigenvalue weighted by Gasteiger charge is 2.29. The van der Waals surface area contributed by atoms with Crippen molar-refractivity contribution in [1.29, 1.82) is 0 Å². The topological polar surface area (TPSA) is 58.9 Å². The van der Waals surface area contributed by atoms with Crippen LogP contribution in [0, 0.1) is 6.92 Å². The van der Waals surface area contributed by atoms with Crippen molar-refractivity contribution in [3.05, 3.63) is 41.1 Å². The second-order valence-corrected chi connectivity index (χ2v) is 4.24. The first-order valence-electron chi connectivity index (χ1n) is 5.36. The number of aryl methyl sites for hydroxylation is 1. The number of carbonyl (C=O) groups excluding carboxylic acids is 1. The number of ketones is 1. The Balaban J connectivity index is 1.94. The van der Waals surface area contributed by atoms with Gasteiger partial charge in [-0.15, -0.1) is 0 Å². The first-order chi connectivity index (χ1) is 7.74. The molecule has 0 spiro atoms. The molecule has 0 aliphatic heterocycles. The van der Waals surface area contributed by atoms with Gasteiger partial charge in [-0.05, 0) is 19.1 Å². The molecule has 0 fully saturated rings. The molecule has 0 saturated carbocycles. The molecule has 2 heterocycles. The predicted octanol–water partition coefficient (Wildman–Crippen LogP) is 2.22. The zero-order valence-corrected chi connectivity index (χ0v) is 8.99. The highest BCUT2D eigenvalue weighted by atomic mass is 16.3. The minimum atomic E-state index is 0.147. The summed E-state index contributed by atoms with van der Waals surface area (Å²) in [6.45, 7) is 1.91. The third kappa shape index (κ3) is 1.38. The molecule has 0 saturated heterocycles. The van der Waals surface area contributed by atoms with Gasteiger partial charge >= 0.3 is 0 Å². The molecule has 2 aromatic rings. The summed E-state index contributed by atoms with van der Waals surface area (Å²) >= 11 is 0. The largest absolute Gasteiger partial charge is 0.466 e. The molecule has 0 aromatic carbocycles. The first kappa shape index (κ1) is 9.39. The maximum atomic E-state index is 11.8. The molecular weight excluding hydrogens is 204 g/mol. The fourth-order valence-corrected chi connectivity index (χ4v) is 2.24. The summed E-state index contributed by atoms with van der Waals surface area (Å²) in [5.74, 6) is 2.08. The molecule has 4 heteroatoms. The number of nitrogens with zero attached hydrogens (tertiary/aromatic N) is 1. The van der Waals surface area contributed by atoms with E-state index in [-0.39, 0.29) is 11.7 Å². The van der Waals surface area contributed by atoms with Gasteiger partial charge in [-0.25, -0.2) is 0 Å². The normalized spacial score (nSPS) is 19.8. The molecule has 0 unspecified atom stereocenters. The Morgan fingerprint density at radius 3 is 3.06 bits per heavy atom. The number of hydrogen-bond donors (Lipinski definition) is 1. The number of carbonyl (C=O) groups is 1. The third-order valence-electron chi connectivity index (χ3n) is 3.06. The minimum Gasteiger partial charge on any atom is -0.466 e. The van der Waals surface area contributed by atoms with Crippen molar-refractivity contribution in [2.45, 2.75) is 25.7 Å². The average Bonchev–Trinajstić information content (AvgIpc) is 2.85. The maximum Gasteiger partial charge on any atom is 0.167 e. The van der Waals surface area contributed by atoms with E-state index in [1.165, 1.54) is 0 Å². The predicted molar refractivity (Wildman–Crippen MR) is 57.4 cm³/mol. The molecule has 1 aliphatic rings. The highest BCUT2D eigenvalue weighted by Crippen LogP contribution is 2.32. The minimum absolute atomic E-state index is 0.147. The summed E-state index contributed by atoms with van der Waals surface area (Å²) in [7, 11) is 0. The molecule has 16 heavy (non-hydrogen) atoms. The maximum absolute atomic E-state index is 11.8. The number of H-pyrrole nitrogens is 1. The van der Waals surface area contributed by atoms with E-state index >= 15 is 0 Å². The van der Waals surface area contributed by atoms with Crippen LogP contribution in [0.15, 0.2) is 22.7 Å². The number of Topliss-reactive ketones (excluding diaryl/α,β-unsaturated/α-hetero) is 1. The lowest BCUT2D eigenvalue weighted by atomic mass is 9.86. The smallest absolute Gasteiger partial charge is 0.167 e. The van der Waals surface area contributed by atoms with E-state index in [9.17, 15) is 4.79 Å². The van der Waals surface area contributed by atoms with Gasteiger partial charge in [-0.3, -0.25) is 9.89 Å². The van der Waals surface area contributed by atoms with Gasteiger partial charge in [0.15, 0.2) is 5.78 Å². The lowest BCUT2D eigenvalue weighted by molar-refractivity contribution is 0.0960. The number of nitrogens with one attached hydrogen (secondary N) is 1. The second-order valence-electron chi connectivity index (χ2n) is 4.24. The Hall–Kier alpha value is -1.84. The number of aromatic nitrogens is 2. The van der Waals surface area contributed by atoms with Crippen LogP contribution in [0.5, 0.6) is 0 Å². The Kier molecular flexibility index (Phi) is 1.96. The molecule has 1 N–H and O–H groups in total. The monoisotopic (exact) mass is 216 g/mol. The van der Waals surface area contributed by atoms with Gasteiger partial charge in [0.25, 0.3) is 0 Å². The van der Waals surface area contributed by atoms with Gasteiger partial charge < -0.3 is 4.42 Å². The van der Waals surface area contributed by atoms with E-state index in [1.807, 2.05) is 19.1 Å². The SMILES string of the molecule is Cc1ccc([C@@H]2CC(=O)c3cn[nH]c3C2)o1. The fourth-order valence-electron chi connectivity index (χ4n) is 2.24. The molecular formula is C12H12N2O2. The molecule has 3 rings (SSSR count). The van der Waals surface area contributed by atoms with Gasteiger partial charge in [-0.2, -0.15) is 5.10 Å². The molecule has 0 radical (unpaired) electrons. The number of aromatic amines is 1. The van der Waals surface area contributed by atoms with E-state index in [0.29, 0.717) is 6.42 Å². The zero-order chi connectivity index (χ0) is 11.1. The standard InChI is InChI=1S/C12H12N2O2/c1-7-2-3-12(16-7)8-4-10-9(6-13-14-10)11(15)5-8/h2-3,6,8H,4-5H2,1H3,(H,13,14)/t8-/m0/s1. The van der Waals surface area contributed by atoms with Crippen LogP contribution in [0.25, 0.3) is 0 Å². The van der Waals surface area contributed by atoms with Crippen LogP contribution in [-0.2, 0) is 6.42 Å². The Labute approximate surface area is 92.7 Å². The summed E-state index contributed by atoms with van der Waals surface area (Å²) in [4.78, 5) is 11.8. The van der Waals surface area contributed by atoms with Crippen LogP contribution in [0.4, 0.5) is 0 Å². The number of rotatable bonds is 1. The number of fused-ring (bicyclic) bond motifs is 1. The lowest BCUT2D eigenvalue weighted by Crippen LogP contribution is -2.17. The highest BCUT2D eigenvalue weighted by molar-refractivity contribution is 5.98. The van der Waals surface area contributed by atoms with E-state index in [4.69, 9.17) is 4.42 Å². The van der Waals surface area contributed by atoms with E-state index < -0.39 is 0 Å². The Morgan fingerprint density at radius 1 is 1.44 bits per heavy atom. The number of furan rings is 1. The van der Waals surface area contributed by atoms with Crippen molar-refractivity contribution in [3.63, 3.8) is 0 Å². The number of hydrogen-bond acceptors (Lipinski definition) is 3. The van der Waals surface area contributed by atoms with Crippen LogP contribution in [-0.4, -0.2) is 16.0 Å². The van der Waals surface area contributed by atoms with E-state index in [1.54, 1.807) is 6.20 Å². The summed E-state index contributed by atoms with van der Waals surface area (Å²) in [6, 6.07) is 3.89. The molecule has 1 aliphatic carbocycles. The quantitative estimate of drug-likeness (QED) is 0.795. The Bertz CT molecular complexity index is 539. The lowest BCUT2D eigenvalue weighted by Gasteiger charge is -2.18. The summed E-state index contributed by atoms with van der Waals surface area (Å²) in [5.41, 5.74) is 1.66. The van der Waals surface area contributed by atoms with Crippen LogP contribution in [0.1, 0.15) is 39.9 Å². The molecule has 82 valence electrons. The van der Waals surface area contributed by atoms with Crippen LogP contribution in [0.3, 0.4) is 0 Å². The van der Waals surface area contributed by atoms with Crippen LogP contribution >= 0.6 is 0 Å². The molecule has 0 amide bonds. The van der Waals surface area contributed by atoms with Gasteiger partial charge in [0.05, 0.1) is 11.8 Å². The Morgan fingerprint density at radius 2 is 2.31 bits per heavy atom. The van der Waals surface area contributed by atoms with E-state index in [0.717, 1.165) is 29.2 Å².